The third-order valence-corrected chi connectivity index (χ3v) is 4.84. The van der Waals surface area contributed by atoms with Crippen molar-refractivity contribution >= 4 is 11.8 Å². The Bertz CT molecular complexity index is 347. The number of hydrogen-bond donors (Lipinski definition) is 1. The number of nitrogens with zero attached hydrogens (tertiary/aromatic N) is 3. The summed E-state index contributed by atoms with van der Waals surface area (Å²) in [5.74, 6) is 1.97. The van der Waals surface area contributed by atoms with Gasteiger partial charge >= 0.3 is 0 Å². The van der Waals surface area contributed by atoms with Crippen LogP contribution in [-0.2, 0) is 7.05 Å². The molecule has 0 aromatic carbocycles. The van der Waals surface area contributed by atoms with E-state index in [4.69, 9.17) is 0 Å². The van der Waals surface area contributed by atoms with Gasteiger partial charge < -0.3 is 5.32 Å². The van der Waals surface area contributed by atoms with Crippen LogP contribution in [0.1, 0.15) is 39.0 Å². The normalized spacial score (nSPS) is 18.3. The standard InChI is InChI=1S/C13H24N4S/c1-3-8-14-12(11-6-4-5-7-11)9-18-13-15-10-16-17(13)2/h10-12,14H,3-9H2,1-2H3. The molecule has 1 fully saturated rings. The summed E-state index contributed by atoms with van der Waals surface area (Å²) in [5.41, 5.74) is 0. The van der Waals surface area contributed by atoms with E-state index in [0.29, 0.717) is 6.04 Å². The zero-order valence-corrected chi connectivity index (χ0v) is 12.2. The van der Waals surface area contributed by atoms with E-state index >= 15 is 0 Å². The summed E-state index contributed by atoms with van der Waals surface area (Å²) in [6.45, 7) is 3.36. The molecule has 0 bridgehead atoms. The number of hydrogen-bond acceptors (Lipinski definition) is 4. The molecule has 1 aromatic rings. The number of thioether (sulfide) groups is 1. The fraction of sp³-hybridized carbons (Fsp3) is 0.846. The molecule has 1 atom stereocenters. The molecular formula is C13H24N4S. The minimum absolute atomic E-state index is 0.633. The second-order valence-electron chi connectivity index (χ2n) is 5.08. The van der Waals surface area contributed by atoms with E-state index in [1.165, 1.54) is 32.1 Å². The van der Waals surface area contributed by atoms with E-state index in [2.05, 4.69) is 22.3 Å². The lowest BCUT2D eigenvalue weighted by atomic mass is 10.00. The van der Waals surface area contributed by atoms with E-state index in [1.54, 1.807) is 6.33 Å². The van der Waals surface area contributed by atoms with Crippen molar-refractivity contribution in [1.82, 2.24) is 20.1 Å². The van der Waals surface area contributed by atoms with Crippen molar-refractivity contribution in [3.63, 3.8) is 0 Å². The SMILES string of the molecule is CCCNC(CSc1ncnn1C)C1CCCC1. The van der Waals surface area contributed by atoms with E-state index in [-0.39, 0.29) is 0 Å². The average Bonchev–Trinajstić information content (AvgIpc) is 3.01. The Balaban J connectivity index is 1.86. The summed E-state index contributed by atoms with van der Waals surface area (Å²) >= 11 is 1.83. The Morgan fingerprint density at radius 2 is 2.28 bits per heavy atom. The maximum Gasteiger partial charge on any atom is 0.185 e. The summed E-state index contributed by atoms with van der Waals surface area (Å²) in [7, 11) is 1.96. The first-order chi connectivity index (χ1) is 8.81. The van der Waals surface area contributed by atoms with Crippen molar-refractivity contribution in [3.05, 3.63) is 6.33 Å². The molecule has 1 aliphatic rings. The predicted molar refractivity (Wildman–Crippen MR) is 75.8 cm³/mol. The first-order valence-electron chi connectivity index (χ1n) is 7.01. The first kappa shape index (κ1) is 13.9. The summed E-state index contributed by atoms with van der Waals surface area (Å²) in [5, 5.41) is 8.86. The van der Waals surface area contributed by atoms with E-state index in [9.17, 15) is 0 Å². The summed E-state index contributed by atoms with van der Waals surface area (Å²) < 4.78 is 1.86. The zero-order chi connectivity index (χ0) is 12.8. The van der Waals surface area contributed by atoms with Crippen molar-refractivity contribution in [2.75, 3.05) is 12.3 Å². The Kier molecular flexibility index (Phi) is 5.50. The van der Waals surface area contributed by atoms with Gasteiger partial charge in [0.1, 0.15) is 6.33 Å². The molecule has 1 N–H and O–H groups in total. The molecule has 102 valence electrons. The van der Waals surface area contributed by atoms with Gasteiger partial charge in [0, 0.05) is 18.8 Å². The van der Waals surface area contributed by atoms with Crippen LogP contribution in [0.2, 0.25) is 0 Å². The second kappa shape index (κ2) is 7.14. The van der Waals surface area contributed by atoms with E-state index < -0.39 is 0 Å². The van der Waals surface area contributed by atoms with Gasteiger partial charge in [-0.3, -0.25) is 0 Å². The molecule has 0 radical (unpaired) electrons. The van der Waals surface area contributed by atoms with E-state index in [1.807, 2.05) is 23.5 Å². The predicted octanol–water partition coefficient (Wildman–Crippen LogP) is 2.47. The summed E-state index contributed by atoms with van der Waals surface area (Å²) in [6.07, 6.45) is 8.43. The maximum atomic E-state index is 4.28. The van der Waals surface area contributed by atoms with Gasteiger partial charge in [0.05, 0.1) is 0 Å². The fourth-order valence-electron chi connectivity index (χ4n) is 2.63. The summed E-state index contributed by atoms with van der Waals surface area (Å²) in [4.78, 5) is 4.28. The zero-order valence-electron chi connectivity index (χ0n) is 11.4. The molecule has 1 aromatic heterocycles. The van der Waals surface area contributed by atoms with Crippen molar-refractivity contribution in [3.8, 4) is 0 Å². The molecule has 18 heavy (non-hydrogen) atoms. The average molecular weight is 268 g/mol. The van der Waals surface area contributed by atoms with Crippen molar-refractivity contribution in [2.24, 2.45) is 13.0 Å². The van der Waals surface area contributed by atoms with Gasteiger partial charge in [-0.1, -0.05) is 31.5 Å². The molecule has 0 amide bonds. The van der Waals surface area contributed by atoms with Gasteiger partial charge in [-0.05, 0) is 31.7 Å². The molecular weight excluding hydrogens is 244 g/mol. The molecule has 1 saturated carbocycles. The molecule has 1 aliphatic carbocycles. The minimum atomic E-state index is 0.633. The van der Waals surface area contributed by atoms with Gasteiger partial charge in [-0.2, -0.15) is 5.10 Å². The van der Waals surface area contributed by atoms with Gasteiger partial charge in [0.15, 0.2) is 5.16 Å². The van der Waals surface area contributed by atoms with Crippen LogP contribution in [0.4, 0.5) is 0 Å². The number of rotatable bonds is 7. The summed E-state index contributed by atoms with van der Waals surface area (Å²) in [6, 6.07) is 0.633. The van der Waals surface area contributed by atoms with Gasteiger partial charge in [-0.15, -0.1) is 0 Å². The van der Waals surface area contributed by atoms with Gasteiger partial charge in [-0.25, -0.2) is 9.67 Å². The van der Waals surface area contributed by atoms with Crippen LogP contribution in [-0.4, -0.2) is 33.1 Å². The Morgan fingerprint density at radius 3 is 2.89 bits per heavy atom. The van der Waals surface area contributed by atoms with Crippen LogP contribution < -0.4 is 5.32 Å². The lowest BCUT2D eigenvalue weighted by molar-refractivity contribution is 0.387. The van der Waals surface area contributed by atoms with Crippen LogP contribution in [0.15, 0.2) is 11.5 Å². The Labute approximate surface area is 114 Å². The highest BCUT2D eigenvalue weighted by molar-refractivity contribution is 7.99. The Morgan fingerprint density at radius 1 is 1.50 bits per heavy atom. The minimum Gasteiger partial charge on any atom is -0.313 e. The molecule has 4 nitrogen and oxygen atoms in total. The lowest BCUT2D eigenvalue weighted by Crippen LogP contribution is -2.37. The number of nitrogens with one attached hydrogen (secondary N) is 1. The van der Waals surface area contributed by atoms with Gasteiger partial charge in [0.25, 0.3) is 0 Å². The van der Waals surface area contributed by atoms with Crippen LogP contribution in [0.25, 0.3) is 0 Å². The van der Waals surface area contributed by atoms with E-state index in [0.717, 1.165) is 23.4 Å². The largest absolute Gasteiger partial charge is 0.313 e. The fourth-order valence-corrected chi connectivity index (χ4v) is 3.71. The smallest absolute Gasteiger partial charge is 0.185 e. The van der Waals surface area contributed by atoms with Crippen LogP contribution in [0.3, 0.4) is 0 Å². The Hall–Kier alpha value is -0.550. The molecule has 0 saturated heterocycles. The molecule has 1 heterocycles. The topological polar surface area (TPSA) is 42.7 Å². The molecule has 5 heteroatoms. The second-order valence-corrected chi connectivity index (χ2v) is 6.07. The molecule has 2 rings (SSSR count). The quantitative estimate of drug-likeness (QED) is 0.772. The third-order valence-electron chi connectivity index (χ3n) is 3.69. The first-order valence-corrected chi connectivity index (χ1v) is 8.00. The molecule has 0 spiro atoms. The third kappa shape index (κ3) is 3.72. The molecule has 0 aliphatic heterocycles. The van der Waals surface area contributed by atoms with Crippen molar-refractivity contribution < 1.29 is 0 Å². The van der Waals surface area contributed by atoms with Crippen LogP contribution >= 0.6 is 11.8 Å². The maximum absolute atomic E-state index is 4.28. The van der Waals surface area contributed by atoms with Crippen molar-refractivity contribution in [1.29, 1.82) is 0 Å². The van der Waals surface area contributed by atoms with Gasteiger partial charge in [0.2, 0.25) is 0 Å². The monoisotopic (exact) mass is 268 g/mol. The highest BCUT2D eigenvalue weighted by atomic mass is 32.2. The highest BCUT2D eigenvalue weighted by Crippen LogP contribution is 2.30. The molecule has 1 unspecified atom stereocenters. The number of aromatic nitrogens is 3. The highest BCUT2D eigenvalue weighted by Gasteiger charge is 2.24. The van der Waals surface area contributed by atoms with Crippen molar-refractivity contribution in [2.45, 2.75) is 50.2 Å². The van der Waals surface area contributed by atoms with Crippen LogP contribution in [0, 0.1) is 5.92 Å². The lowest BCUT2D eigenvalue weighted by Gasteiger charge is -2.24. The van der Waals surface area contributed by atoms with Crippen LogP contribution in [0.5, 0.6) is 0 Å². The number of aryl methyl sites for hydroxylation is 1.